The van der Waals surface area contributed by atoms with Crippen LogP contribution in [0.1, 0.15) is 32.1 Å². The molecule has 1 atom stereocenters. The van der Waals surface area contributed by atoms with Gasteiger partial charge in [0.2, 0.25) is 5.91 Å². The van der Waals surface area contributed by atoms with E-state index in [2.05, 4.69) is 20.4 Å². The first-order chi connectivity index (χ1) is 12.6. The van der Waals surface area contributed by atoms with Crippen molar-refractivity contribution in [3.63, 3.8) is 0 Å². The molecule has 1 aliphatic carbocycles. The molecular formula is C19H25N5O2. The van der Waals surface area contributed by atoms with Crippen molar-refractivity contribution in [3.05, 3.63) is 24.4 Å². The quantitative estimate of drug-likeness (QED) is 0.885. The molecule has 4 rings (SSSR count). The molecule has 2 heterocycles. The van der Waals surface area contributed by atoms with E-state index in [0.717, 1.165) is 30.3 Å². The van der Waals surface area contributed by atoms with Crippen LogP contribution in [0.15, 0.2) is 24.4 Å². The third-order valence-electron chi connectivity index (χ3n) is 5.60. The van der Waals surface area contributed by atoms with E-state index in [1.54, 1.807) is 18.1 Å². The Bertz CT molecular complexity index is 811. The van der Waals surface area contributed by atoms with E-state index in [1.165, 1.54) is 12.8 Å². The van der Waals surface area contributed by atoms with E-state index in [-0.39, 0.29) is 17.9 Å². The molecule has 0 bridgehead atoms. The van der Waals surface area contributed by atoms with Gasteiger partial charge in [-0.15, -0.1) is 0 Å². The average molecular weight is 355 g/mol. The number of rotatable bonds is 4. The Morgan fingerprint density at radius 1 is 1.38 bits per heavy atom. The zero-order valence-corrected chi connectivity index (χ0v) is 15.1. The van der Waals surface area contributed by atoms with E-state index in [9.17, 15) is 9.59 Å². The number of amides is 3. The predicted octanol–water partition coefficient (Wildman–Crippen LogP) is 2.82. The summed E-state index contributed by atoms with van der Waals surface area (Å²) in [5.74, 6) is 0.458. The SMILES string of the molecule is CN(C[C@H]1CC(=O)N(C2CCCC2)C1)C(=O)Nc1cccc2cn[nH]c12. The van der Waals surface area contributed by atoms with Crippen LogP contribution in [-0.2, 0) is 4.79 Å². The van der Waals surface area contributed by atoms with Gasteiger partial charge in [0, 0.05) is 43.9 Å². The Kier molecular flexibility index (Phi) is 4.53. The highest BCUT2D eigenvalue weighted by Gasteiger charge is 2.36. The number of anilines is 1. The monoisotopic (exact) mass is 355 g/mol. The predicted molar refractivity (Wildman–Crippen MR) is 99.8 cm³/mol. The van der Waals surface area contributed by atoms with Gasteiger partial charge in [-0.1, -0.05) is 25.0 Å². The fraction of sp³-hybridized carbons (Fsp3) is 0.526. The molecule has 138 valence electrons. The van der Waals surface area contributed by atoms with E-state index in [0.29, 0.717) is 24.7 Å². The van der Waals surface area contributed by atoms with Crippen molar-refractivity contribution in [1.29, 1.82) is 0 Å². The van der Waals surface area contributed by atoms with Crippen molar-refractivity contribution in [2.45, 2.75) is 38.1 Å². The fourth-order valence-electron chi connectivity index (χ4n) is 4.25. The van der Waals surface area contributed by atoms with Gasteiger partial charge in [0.15, 0.2) is 0 Å². The van der Waals surface area contributed by atoms with Crippen molar-refractivity contribution in [3.8, 4) is 0 Å². The highest BCUT2D eigenvalue weighted by molar-refractivity contribution is 5.99. The van der Waals surface area contributed by atoms with Gasteiger partial charge in [0.05, 0.1) is 17.4 Å². The second-order valence-corrected chi connectivity index (χ2v) is 7.51. The maximum absolute atomic E-state index is 12.6. The van der Waals surface area contributed by atoms with Crippen LogP contribution < -0.4 is 5.32 Å². The molecule has 0 radical (unpaired) electrons. The van der Waals surface area contributed by atoms with Gasteiger partial charge in [0.1, 0.15) is 0 Å². The van der Waals surface area contributed by atoms with Crippen molar-refractivity contribution in [2.75, 3.05) is 25.5 Å². The zero-order valence-electron chi connectivity index (χ0n) is 15.1. The van der Waals surface area contributed by atoms with Crippen LogP contribution in [0.3, 0.4) is 0 Å². The molecule has 7 nitrogen and oxygen atoms in total. The molecular weight excluding hydrogens is 330 g/mol. The third-order valence-corrected chi connectivity index (χ3v) is 5.60. The summed E-state index contributed by atoms with van der Waals surface area (Å²) in [6.07, 6.45) is 6.98. The minimum Gasteiger partial charge on any atom is -0.339 e. The summed E-state index contributed by atoms with van der Waals surface area (Å²) in [4.78, 5) is 28.6. The molecule has 2 fully saturated rings. The van der Waals surface area contributed by atoms with Crippen molar-refractivity contribution in [1.82, 2.24) is 20.0 Å². The molecule has 1 aromatic carbocycles. The number of nitrogens with one attached hydrogen (secondary N) is 2. The molecule has 0 spiro atoms. The van der Waals surface area contributed by atoms with Gasteiger partial charge < -0.3 is 15.1 Å². The second kappa shape index (κ2) is 6.97. The molecule has 3 amide bonds. The van der Waals surface area contributed by atoms with Crippen LogP contribution in [0.2, 0.25) is 0 Å². The number of hydrogen-bond donors (Lipinski definition) is 2. The molecule has 1 aromatic heterocycles. The van der Waals surface area contributed by atoms with Crippen LogP contribution in [0.5, 0.6) is 0 Å². The molecule has 1 saturated carbocycles. The molecule has 26 heavy (non-hydrogen) atoms. The number of carbonyl (C=O) groups is 2. The van der Waals surface area contributed by atoms with E-state index in [4.69, 9.17) is 0 Å². The van der Waals surface area contributed by atoms with Gasteiger partial charge in [-0.25, -0.2) is 4.79 Å². The first-order valence-electron chi connectivity index (χ1n) is 9.35. The van der Waals surface area contributed by atoms with Crippen molar-refractivity contribution >= 4 is 28.5 Å². The molecule has 7 heteroatoms. The number of para-hydroxylation sites is 1. The summed E-state index contributed by atoms with van der Waals surface area (Å²) in [5, 5.41) is 10.8. The number of aromatic nitrogens is 2. The van der Waals surface area contributed by atoms with Gasteiger partial charge in [-0.05, 0) is 18.9 Å². The largest absolute Gasteiger partial charge is 0.339 e. The normalized spacial score (nSPS) is 20.9. The standard InChI is InChI=1S/C19H25N5O2/c1-23(11-13-9-17(25)24(12-13)15-6-2-3-7-15)19(26)21-16-8-4-5-14-10-20-22-18(14)16/h4-5,8,10,13,15H,2-3,6-7,9,11-12H2,1H3,(H,20,22)(H,21,26)/t13-/m1/s1. The van der Waals surface area contributed by atoms with Crippen molar-refractivity contribution < 1.29 is 9.59 Å². The van der Waals surface area contributed by atoms with Crippen LogP contribution in [0, 0.1) is 5.92 Å². The zero-order chi connectivity index (χ0) is 18.1. The lowest BCUT2D eigenvalue weighted by Crippen LogP contribution is -2.37. The smallest absolute Gasteiger partial charge is 0.321 e. The summed E-state index contributed by atoms with van der Waals surface area (Å²) in [7, 11) is 1.78. The number of fused-ring (bicyclic) bond motifs is 1. The lowest BCUT2D eigenvalue weighted by atomic mass is 10.1. The first kappa shape index (κ1) is 16.9. The van der Waals surface area contributed by atoms with Crippen LogP contribution >= 0.6 is 0 Å². The summed E-state index contributed by atoms with van der Waals surface area (Å²) < 4.78 is 0. The molecule has 2 aromatic rings. The summed E-state index contributed by atoms with van der Waals surface area (Å²) in [6.45, 7) is 1.36. The number of H-pyrrole nitrogens is 1. The molecule has 2 N–H and O–H groups in total. The highest BCUT2D eigenvalue weighted by Crippen LogP contribution is 2.29. The third kappa shape index (κ3) is 3.25. The van der Waals surface area contributed by atoms with Crippen LogP contribution in [-0.4, -0.2) is 58.1 Å². The minimum absolute atomic E-state index is 0.168. The summed E-state index contributed by atoms with van der Waals surface area (Å²) in [6, 6.07) is 5.94. The van der Waals surface area contributed by atoms with E-state index in [1.807, 2.05) is 18.2 Å². The number of hydrogen-bond acceptors (Lipinski definition) is 3. The van der Waals surface area contributed by atoms with Gasteiger partial charge in [-0.2, -0.15) is 5.10 Å². The van der Waals surface area contributed by atoms with Gasteiger partial charge in [-0.3, -0.25) is 9.89 Å². The molecule has 1 saturated heterocycles. The Balaban J connectivity index is 1.36. The number of aromatic amines is 1. The Morgan fingerprint density at radius 3 is 3.00 bits per heavy atom. The van der Waals surface area contributed by atoms with Gasteiger partial charge >= 0.3 is 6.03 Å². The molecule has 1 aliphatic heterocycles. The lowest BCUT2D eigenvalue weighted by molar-refractivity contribution is -0.129. The second-order valence-electron chi connectivity index (χ2n) is 7.51. The molecule has 2 aliphatic rings. The Morgan fingerprint density at radius 2 is 2.19 bits per heavy atom. The van der Waals surface area contributed by atoms with E-state index >= 15 is 0 Å². The number of nitrogens with zero attached hydrogens (tertiary/aromatic N) is 3. The molecule has 0 unspecified atom stereocenters. The number of likely N-dealkylation sites (tertiary alicyclic amines) is 1. The Labute approximate surface area is 152 Å². The van der Waals surface area contributed by atoms with E-state index < -0.39 is 0 Å². The number of benzene rings is 1. The minimum atomic E-state index is -0.168. The Hall–Kier alpha value is -2.57. The highest BCUT2D eigenvalue weighted by atomic mass is 16.2. The summed E-state index contributed by atoms with van der Waals surface area (Å²) >= 11 is 0. The van der Waals surface area contributed by atoms with Crippen LogP contribution in [0.4, 0.5) is 10.5 Å². The van der Waals surface area contributed by atoms with Gasteiger partial charge in [0.25, 0.3) is 0 Å². The average Bonchev–Trinajstić information content (AvgIpc) is 3.35. The van der Waals surface area contributed by atoms with Crippen LogP contribution in [0.25, 0.3) is 10.9 Å². The van der Waals surface area contributed by atoms with Crippen molar-refractivity contribution in [2.24, 2.45) is 5.92 Å². The maximum Gasteiger partial charge on any atom is 0.321 e. The summed E-state index contributed by atoms with van der Waals surface area (Å²) in [5.41, 5.74) is 1.53. The fourth-order valence-corrected chi connectivity index (χ4v) is 4.25. The lowest BCUT2D eigenvalue weighted by Gasteiger charge is -2.25. The first-order valence-corrected chi connectivity index (χ1v) is 9.35. The maximum atomic E-state index is 12.6. The topological polar surface area (TPSA) is 81.3 Å². The number of carbonyl (C=O) groups excluding carboxylic acids is 2. The number of urea groups is 1.